The molecule has 0 saturated heterocycles. The van der Waals surface area contributed by atoms with Crippen LogP contribution < -0.4 is 30.6 Å². The normalized spacial score (nSPS) is 11.7. The van der Waals surface area contributed by atoms with Gasteiger partial charge in [-0.3, -0.25) is 19.0 Å². The molecular formula is C49H52Cl3N7O6S. The second-order valence-corrected chi connectivity index (χ2v) is 18.7. The summed E-state index contributed by atoms with van der Waals surface area (Å²) in [6, 6.07) is 28.0. The molecule has 0 unspecified atom stereocenters. The number of sulfonamides is 1. The highest BCUT2D eigenvalue weighted by atomic mass is 35.5. The second kappa shape index (κ2) is 22.6. The summed E-state index contributed by atoms with van der Waals surface area (Å²) in [6.07, 6.45) is 5.65. The van der Waals surface area contributed by atoms with Gasteiger partial charge >= 0.3 is 0 Å². The number of aromatic nitrogens is 2. The Bertz CT molecular complexity index is 2920. The first kappa shape index (κ1) is 49.7. The summed E-state index contributed by atoms with van der Waals surface area (Å²) in [4.78, 5) is 53.9. The zero-order valence-corrected chi connectivity index (χ0v) is 40.5. The zero-order chi connectivity index (χ0) is 47.5. The third-order valence-corrected chi connectivity index (χ3v) is 13.3. The first-order valence-electron chi connectivity index (χ1n) is 21.6. The minimum Gasteiger partial charge on any atom is -0.495 e. The fraction of sp³-hybridized carbons (Fsp3) is 0.286. The van der Waals surface area contributed by atoms with Gasteiger partial charge in [-0.25, -0.2) is 23.1 Å². The predicted molar refractivity (Wildman–Crippen MR) is 268 cm³/mol. The Hall–Kier alpha value is -5.77. The van der Waals surface area contributed by atoms with E-state index in [2.05, 4.69) is 27.2 Å². The average Bonchev–Trinajstić information content (AvgIpc) is 3.28. The van der Waals surface area contributed by atoms with E-state index in [1.807, 2.05) is 49.4 Å². The number of ether oxygens (including phenoxy) is 1. The summed E-state index contributed by atoms with van der Waals surface area (Å²) >= 11 is 18.9. The molecule has 0 aliphatic rings. The number of methoxy groups -OCH3 is 1. The highest BCUT2D eigenvalue weighted by molar-refractivity contribution is 7.89. The number of para-hydroxylation sites is 2. The molecular weight excluding hydrogens is 921 g/mol. The highest BCUT2D eigenvalue weighted by Gasteiger charge is 2.26. The molecule has 0 bridgehead atoms. The van der Waals surface area contributed by atoms with Gasteiger partial charge in [0.15, 0.2) is 11.5 Å². The van der Waals surface area contributed by atoms with Crippen molar-refractivity contribution >= 4 is 102 Å². The lowest BCUT2D eigenvalue weighted by molar-refractivity contribution is -0.114. The number of carbonyl (C=O) groups excluding carboxylic acids is 2. The molecule has 3 N–H and O–H groups in total. The van der Waals surface area contributed by atoms with Crippen LogP contribution in [0.1, 0.15) is 69.3 Å². The summed E-state index contributed by atoms with van der Waals surface area (Å²) in [6.45, 7) is 6.14. The van der Waals surface area contributed by atoms with E-state index < -0.39 is 21.5 Å². The Morgan fingerprint density at radius 2 is 1.52 bits per heavy atom. The van der Waals surface area contributed by atoms with E-state index in [0.717, 1.165) is 54.6 Å². The number of fused-ring (bicyclic) bond motifs is 1. The van der Waals surface area contributed by atoms with Gasteiger partial charge in [0.25, 0.3) is 11.5 Å². The SMILES string of the molecule is CCN(c1ccccc1)c1ccc(N=C(C(=O)Nc2cc(S(=O)(=O)NC)ccc2OC)c2nc3c(NC(C)=O)cccc3c(=O)n2CCCCCCCCc2c(Cl)cc(Cl)cc2Cl)c(C)c1. The molecule has 346 valence electrons. The maximum Gasteiger partial charge on any atom is 0.278 e. The van der Waals surface area contributed by atoms with Crippen LogP contribution in [-0.2, 0) is 32.6 Å². The quantitative estimate of drug-likeness (QED) is 0.0503. The van der Waals surface area contributed by atoms with E-state index in [1.54, 1.807) is 36.4 Å². The minimum absolute atomic E-state index is 0.0364. The molecule has 0 saturated carbocycles. The fourth-order valence-corrected chi connectivity index (χ4v) is 9.40. The molecule has 6 aromatic rings. The highest BCUT2D eigenvalue weighted by Crippen LogP contribution is 2.33. The van der Waals surface area contributed by atoms with Gasteiger partial charge in [0.2, 0.25) is 15.9 Å². The number of nitrogens with zero attached hydrogens (tertiary/aromatic N) is 4. The number of nitrogens with one attached hydrogen (secondary N) is 3. The molecule has 0 fully saturated rings. The van der Waals surface area contributed by atoms with Gasteiger partial charge in [0.1, 0.15) is 11.3 Å². The molecule has 0 aliphatic carbocycles. The van der Waals surface area contributed by atoms with Crippen LogP contribution in [0.5, 0.6) is 5.75 Å². The Morgan fingerprint density at radius 1 is 0.818 bits per heavy atom. The predicted octanol–water partition coefficient (Wildman–Crippen LogP) is 11.0. The van der Waals surface area contributed by atoms with Gasteiger partial charge < -0.3 is 20.3 Å². The number of aliphatic imine (C=N–C) groups is 1. The first-order valence-corrected chi connectivity index (χ1v) is 24.2. The lowest BCUT2D eigenvalue weighted by Gasteiger charge is -2.24. The standard InChI is InChI=1S/C49H52Cl3N7O6S/c1-6-58(34-17-12-11-13-18-34)35-22-24-41(31(2)27-35)55-46(48(61)56-43-30-36(66(63,64)53-4)23-25-44(43)65-5)47-57-45-38(20-16-21-42(45)54-32(3)60)49(62)59(47)26-15-10-8-7-9-14-19-37-39(51)28-33(50)29-40(37)52/h11-13,16-18,20-25,27-30,53H,6-10,14-15,19,26H2,1-5H3,(H,54,60)(H,56,61). The van der Waals surface area contributed by atoms with Crippen LogP contribution in [0.2, 0.25) is 15.1 Å². The van der Waals surface area contributed by atoms with Gasteiger partial charge in [-0.2, -0.15) is 0 Å². The van der Waals surface area contributed by atoms with Gasteiger partial charge in [-0.05, 0) is 124 Å². The van der Waals surface area contributed by atoms with E-state index in [4.69, 9.17) is 49.5 Å². The molecule has 1 heterocycles. The smallest absolute Gasteiger partial charge is 0.278 e. The molecule has 66 heavy (non-hydrogen) atoms. The van der Waals surface area contributed by atoms with Crippen molar-refractivity contribution < 1.29 is 22.7 Å². The van der Waals surface area contributed by atoms with Crippen molar-refractivity contribution in [3.63, 3.8) is 0 Å². The molecule has 0 spiro atoms. The van der Waals surface area contributed by atoms with Crippen molar-refractivity contribution in [3.05, 3.63) is 139 Å². The number of halogens is 3. The number of anilines is 4. The van der Waals surface area contributed by atoms with E-state index in [9.17, 15) is 22.8 Å². The average molecular weight is 973 g/mol. The van der Waals surface area contributed by atoms with Crippen LogP contribution in [0.4, 0.5) is 28.4 Å². The summed E-state index contributed by atoms with van der Waals surface area (Å²) in [5.74, 6) is -1.06. The molecule has 17 heteroatoms. The van der Waals surface area contributed by atoms with Crippen molar-refractivity contribution in [2.45, 2.75) is 77.2 Å². The molecule has 6 rings (SSSR count). The third-order valence-electron chi connectivity index (χ3n) is 11.0. The third kappa shape index (κ3) is 12.0. The number of aryl methyl sites for hydroxylation is 1. The molecule has 0 aliphatic heterocycles. The van der Waals surface area contributed by atoms with Crippen LogP contribution in [0.15, 0.2) is 112 Å². The van der Waals surface area contributed by atoms with Crippen molar-refractivity contribution in [1.82, 2.24) is 14.3 Å². The van der Waals surface area contributed by atoms with Crippen LogP contribution in [0, 0.1) is 6.92 Å². The van der Waals surface area contributed by atoms with Gasteiger partial charge in [0, 0.05) is 46.5 Å². The maximum absolute atomic E-state index is 14.9. The number of amides is 2. The van der Waals surface area contributed by atoms with Crippen LogP contribution in [0.25, 0.3) is 10.9 Å². The lowest BCUT2D eigenvalue weighted by Crippen LogP contribution is -2.34. The zero-order valence-electron chi connectivity index (χ0n) is 37.4. The molecule has 2 amide bonds. The van der Waals surface area contributed by atoms with Crippen molar-refractivity contribution in [1.29, 1.82) is 0 Å². The minimum atomic E-state index is -3.93. The molecule has 13 nitrogen and oxygen atoms in total. The van der Waals surface area contributed by atoms with Crippen molar-refractivity contribution in [2.24, 2.45) is 4.99 Å². The molecule has 0 atom stereocenters. The van der Waals surface area contributed by atoms with E-state index in [0.29, 0.717) is 40.1 Å². The summed E-state index contributed by atoms with van der Waals surface area (Å²) in [7, 11) is -1.25. The van der Waals surface area contributed by atoms with Gasteiger partial charge in [-0.1, -0.05) is 84.8 Å². The summed E-state index contributed by atoms with van der Waals surface area (Å²) in [5.41, 5.74) is 3.72. The van der Waals surface area contributed by atoms with Crippen LogP contribution in [-0.4, -0.2) is 56.2 Å². The first-order chi connectivity index (χ1) is 31.6. The summed E-state index contributed by atoms with van der Waals surface area (Å²) in [5, 5.41) is 7.40. The topological polar surface area (TPSA) is 164 Å². The monoisotopic (exact) mass is 971 g/mol. The van der Waals surface area contributed by atoms with Crippen LogP contribution >= 0.6 is 34.8 Å². The van der Waals surface area contributed by atoms with Crippen molar-refractivity contribution in [3.8, 4) is 5.75 Å². The van der Waals surface area contributed by atoms with Crippen LogP contribution in [0.3, 0.4) is 0 Å². The van der Waals surface area contributed by atoms with E-state index >= 15 is 0 Å². The van der Waals surface area contributed by atoms with E-state index in [-0.39, 0.29) is 56.9 Å². The lowest BCUT2D eigenvalue weighted by atomic mass is 10.0. The van der Waals surface area contributed by atoms with Crippen molar-refractivity contribution in [2.75, 3.05) is 36.2 Å². The Labute approximate surface area is 400 Å². The Balaban J connectivity index is 1.41. The van der Waals surface area contributed by atoms with E-state index in [1.165, 1.54) is 43.8 Å². The fourth-order valence-electron chi connectivity index (χ4n) is 7.64. The number of benzene rings is 5. The molecule has 1 aromatic heterocycles. The Morgan fingerprint density at radius 3 is 2.17 bits per heavy atom. The maximum atomic E-state index is 14.9. The molecule has 0 radical (unpaired) electrons. The number of unbranched alkanes of at least 4 members (excludes halogenated alkanes) is 5. The summed E-state index contributed by atoms with van der Waals surface area (Å²) < 4.78 is 35.0. The van der Waals surface area contributed by atoms with Gasteiger partial charge in [0.05, 0.1) is 34.5 Å². The number of hydrogen-bond acceptors (Lipinski definition) is 9. The number of hydrogen-bond donors (Lipinski definition) is 3. The Kier molecular flexibility index (Phi) is 17.0. The second-order valence-electron chi connectivity index (χ2n) is 15.5. The molecule has 5 aromatic carbocycles. The number of rotatable bonds is 20. The largest absolute Gasteiger partial charge is 0.495 e. The van der Waals surface area contributed by atoms with Gasteiger partial charge in [-0.15, -0.1) is 0 Å². The number of carbonyl (C=O) groups is 2.